The number of carbonyl (C=O) groups is 1. The van der Waals surface area contributed by atoms with Crippen molar-refractivity contribution >= 4 is 17.7 Å². The highest BCUT2D eigenvalue weighted by Crippen LogP contribution is 2.38. The van der Waals surface area contributed by atoms with Crippen molar-refractivity contribution in [3.63, 3.8) is 0 Å². The lowest BCUT2D eigenvalue weighted by molar-refractivity contribution is -0.0328. The van der Waals surface area contributed by atoms with Crippen molar-refractivity contribution in [1.82, 2.24) is 9.80 Å². The number of benzene rings is 1. The molecule has 3 rings (SSSR count). The van der Waals surface area contributed by atoms with Crippen molar-refractivity contribution in [2.45, 2.75) is 42.1 Å². The summed E-state index contributed by atoms with van der Waals surface area (Å²) in [6.07, 6.45) is 4.98. The van der Waals surface area contributed by atoms with E-state index in [2.05, 4.69) is 4.90 Å². The quantitative estimate of drug-likeness (QED) is 0.763. The van der Waals surface area contributed by atoms with Gasteiger partial charge in [0.2, 0.25) is 0 Å². The molecule has 1 aromatic rings. The van der Waals surface area contributed by atoms with Crippen LogP contribution in [0, 0.1) is 0 Å². The van der Waals surface area contributed by atoms with Crippen LogP contribution in [0.15, 0.2) is 29.2 Å². The molecular weight excluding hydrogens is 337 g/mol. The maximum Gasteiger partial charge on any atom is 0.446 e. The summed E-state index contributed by atoms with van der Waals surface area (Å²) < 4.78 is 38.0. The molecule has 0 unspecified atom stereocenters. The molecule has 0 atom stereocenters. The molecule has 1 aliphatic heterocycles. The Morgan fingerprint density at radius 2 is 1.67 bits per heavy atom. The summed E-state index contributed by atoms with van der Waals surface area (Å²) in [5, 5.41) is 0. The summed E-state index contributed by atoms with van der Waals surface area (Å²) in [5.74, 6) is -0.298. The smallest absolute Gasteiger partial charge is 0.336 e. The highest BCUT2D eigenvalue weighted by atomic mass is 32.2. The SMILES string of the molecule is O=C(c1ccccc1SC(F)(F)F)N1CCN(C2CCCC2)CC1. The summed E-state index contributed by atoms with van der Waals surface area (Å²) >= 11 is -0.217. The molecule has 3 nitrogen and oxygen atoms in total. The molecule has 2 aliphatic rings. The molecule has 0 bridgehead atoms. The number of piperazine rings is 1. The number of alkyl halides is 3. The Morgan fingerprint density at radius 1 is 1.04 bits per heavy atom. The molecule has 1 aromatic carbocycles. The van der Waals surface area contributed by atoms with Gasteiger partial charge in [0.05, 0.1) is 5.56 Å². The monoisotopic (exact) mass is 358 g/mol. The molecule has 1 aliphatic carbocycles. The maximum atomic E-state index is 12.7. The third-order valence-electron chi connectivity index (χ3n) is 4.79. The van der Waals surface area contributed by atoms with Gasteiger partial charge in [-0.15, -0.1) is 0 Å². The fraction of sp³-hybridized carbons (Fsp3) is 0.588. The van der Waals surface area contributed by atoms with Crippen LogP contribution in [0.4, 0.5) is 13.2 Å². The van der Waals surface area contributed by atoms with Crippen molar-refractivity contribution in [3.8, 4) is 0 Å². The molecule has 0 aromatic heterocycles. The van der Waals surface area contributed by atoms with E-state index in [9.17, 15) is 18.0 Å². The molecular formula is C17H21F3N2OS. The molecule has 24 heavy (non-hydrogen) atoms. The maximum absolute atomic E-state index is 12.7. The Kier molecular flexibility index (Phi) is 5.39. The van der Waals surface area contributed by atoms with Crippen LogP contribution >= 0.6 is 11.8 Å². The van der Waals surface area contributed by atoms with Gasteiger partial charge in [-0.1, -0.05) is 25.0 Å². The van der Waals surface area contributed by atoms with E-state index in [0.717, 1.165) is 13.1 Å². The van der Waals surface area contributed by atoms with Crippen LogP contribution in [0.2, 0.25) is 0 Å². The summed E-state index contributed by atoms with van der Waals surface area (Å²) in [5.41, 5.74) is -4.24. The lowest BCUT2D eigenvalue weighted by Gasteiger charge is -2.38. The van der Waals surface area contributed by atoms with Crippen LogP contribution in [0.1, 0.15) is 36.0 Å². The molecule has 1 saturated carbocycles. The number of amides is 1. The first-order valence-corrected chi connectivity index (χ1v) is 9.14. The van der Waals surface area contributed by atoms with Gasteiger partial charge in [0.15, 0.2) is 0 Å². The first-order chi connectivity index (χ1) is 11.4. The number of nitrogens with zero attached hydrogens (tertiary/aromatic N) is 2. The molecule has 7 heteroatoms. The van der Waals surface area contributed by atoms with Gasteiger partial charge in [-0.2, -0.15) is 13.2 Å². The number of halogens is 3. The Bertz CT molecular complexity index is 579. The van der Waals surface area contributed by atoms with Crippen LogP contribution in [0.3, 0.4) is 0 Å². The fourth-order valence-corrected chi connectivity index (χ4v) is 4.25. The first kappa shape index (κ1) is 17.6. The van der Waals surface area contributed by atoms with Crippen molar-refractivity contribution in [2.75, 3.05) is 26.2 Å². The second-order valence-electron chi connectivity index (χ2n) is 6.31. The van der Waals surface area contributed by atoms with E-state index in [1.54, 1.807) is 11.0 Å². The minimum absolute atomic E-state index is 0.0202. The van der Waals surface area contributed by atoms with Gasteiger partial charge in [0.25, 0.3) is 5.91 Å². The number of thioether (sulfide) groups is 1. The predicted octanol–water partition coefficient (Wildman–Crippen LogP) is 4.00. The van der Waals surface area contributed by atoms with Crippen molar-refractivity contribution in [3.05, 3.63) is 29.8 Å². The van der Waals surface area contributed by atoms with E-state index < -0.39 is 5.51 Å². The second-order valence-corrected chi connectivity index (χ2v) is 7.42. The number of rotatable bonds is 3. The third-order valence-corrected chi connectivity index (χ3v) is 5.59. The minimum atomic E-state index is -4.39. The molecule has 0 spiro atoms. The number of hydrogen-bond donors (Lipinski definition) is 0. The van der Waals surface area contributed by atoms with Crippen molar-refractivity contribution < 1.29 is 18.0 Å². The Morgan fingerprint density at radius 3 is 2.29 bits per heavy atom. The average Bonchev–Trinajstić information content (AvgIpc) is 3.08. The zero-order chi connectivity index (χ0) is 17.2. The summed E-state index contributed by atoms with van der Waals surface area (Å²) in [4.78, 5) is 16.7. The Balaban J connectivity index is 1.65. The molecule has 132 valence electrons. The lowest BCUT2D eigenvalue weighted by atomic mass is 10.1. The summed E-state index contributed by atoms with van der Waals surface area (Å²) in [7, 11) is 0. The molecule has 1 amide bonds. The van der Waals surface area contributed by atoms with E-state index in [-0.39, 0.29) is 28.1 Å². The van der Waals surface area contributed by atoms with Gasteiger partial charge in [-0.05, 0) is 36.7 Å². The van der Waals surface area contributed by atoms with Crippen LogP contribution in [0.25, 0.3) is 0 Å². The molecule has 1 saturated heterocycles. The van der Waals surface area contributed by atoms with E-state index >= 15 is 0 Å². The summed E-state index contributed by atoms with van der Waals surface area (Å²) in [6, 6.07) is 6.61. The largest absolute Gasteiger partial charge is 0.446 e. The van der Waals surface area contributed by atoms with Gasteiger partial charge in [-0.3, -0.25) is 9.69 Å². The Labute approximate surface area is 144 Å². The standard InChI is InChI=1S/C17H21F3N2OS/c18-17(19,20)24-15-8-4-3-7-14(15)16(23)22-11-9-21(10-12-22)13-5-1-2-6-13/h3-4,7-8,13H,1-2,5-6,9-12H2. The van der Waals surface area contributed by atoms with E-state index in [4.69, 9.17) is 0 Å². The molecule has 1 heterocycles. The van der Waals surface area contributed by atoms with Crippen molar-refractivity contribution in [1.29, 1.82) is 0 Å². The Hall–Kier alpha value is -1.21. The lowest BCUT2D eigenvalue weighted by Crippen LogP contribution is -2.51. The molecule has 0 N–H and O–H groups in total. The second kappa shape index (κ2) is 7.35. The van der Waals surface area contributed by atoms with Gasteiger partial charge < -0.3 is 4.90 Å². The fourth-order valence-electron chi connectivity index (χ4n) is 3.59. The highest BCUT2D eigenvalue weighted by molar-refractivity contribution is 8.00. The zero-order valence-electron chi connectivity index (χ0n) is 13.4. The normalized spacial score (nSPS) is 20.5. The first-order valence-electron chi connectivity index (χ1n) is 8.32. The molecule has 0 radical (unpaired) electrons. The van der Waals surface area contributed by atoms with Crippen LogP contribution < -0.4 is 0 Å². The average molecular weight is 358 g/mol. The van der Waals surface area contributed by atoms with E-state index in [1.807, 2.05) is 0 Å². The van der Waals surface area contributed by atoms with Crippen molar-refractivity contribution in [2.24, 2.45) is 0 Å². The van der Waals surface area contributed by atoms with Crippen LogP contribution in [-0.2, 0) is 0 Å². The minimum Gasteiger partial charge on any atom is -0.336 e. The predicted molar refractivity (Wildman–Crippen MR) is 88.1 cm³/mol. The molecule has 2 fully saturated rings. The van der Waals surface area contributed by atoms with E-state index in [0.29, 0.717) is 19.1 Å². The zero-order valence-corrected chi connectivity index (χ0v) is 14.2. The van der Waals surface area contributed by atoms with Crippen LogP contribution in [-0.4, -0.2) is 53.4 Å². The highest BCUT2D eigenvalue weighted by Gasteiger charge is 2.33. The summed E-state index contributed by atoms with van der Waals surface area (Å²) in [6.45, 7) is 2.79. The van der Waals surface area contributed by atoms with Gasteiger partial charge >= 0.3 is 5.51 Å². The number of hydrogen-bond acceptors (Lipinski definition) is 3. The van der Waals surface area contributed by atoms with Gasteiger partial charge in [-0.25, -0.2) is 0 Å². The topological polar surface area (TPSA) is 23.6 Å². The van der Waals surface area contributed by atoms with Gasteiger partial charge in [0.1, 0.15) is 0 Å². The van der Waals surface area contributed by atoms with E-state index in [1.165, 1.54) is 43.9 Å². The number of carbonyl (C=O) groups excluding carboxylic acids is 1. The van der Waals surface area contributed by atoms with Crippen LogP contribution in [0.5, 0.6) is 0 Å². The third kappa shape index (κ3) is 4.25. The van der Waals surface area contributed by atoms with Gasteiger partial charge in [0, 0.05) is 37.1 Å².